The molecular formula is C19H24N2O2. The molecule has 3 rings (SSSR count). The van der Waals surface area contributed by atoms with E-state index >= 15 is 0 Å². The molecule has 4 nitrogen and oxygen atoms in total. The molecule has 2 aromatic rings. The molecule has 23 heavy (non-hydrogen) atoms. The van der Waals surface area contributed by atoms with E-state index in [9.17, 15) is 9.90 Å². The summed E-state index contributed by atoms with van der Waals surface area (Å²) in [6.07, 6.45) is 2.96. The summed E-state index contributed by atoms with van der Waals surface area (Å²) in [4.78, 5) is 12.2. The number of nitrogens with two attached hydrogens (primary N) is 1. The van der Waals surface area contributed by atoms with Crippen molar-refractivity contribution >= 4 is 16.7 Å². The van der Waals surface area contributed by atoms with Crippen LogP contribution in [-0.2, 0) is 4.79 Å². The van der Waals surface area contributed by atoms with Crippen LogP contribution in [0.5, 0.6) is 0 Å². The van der Waals surface area contributed by atoms with Gasteiger partial charge in [-0.25, -0.2) is 0 Å². The minimum atomic E-state index is -0.694. The smallest absolute Gasteiger partial charge is 0.223 e. The van der Waals surface area contributed by atoms with E-state index in [4.69, 9.17) is 5.73 Å². The van der Waals surface area contributed by atoms with Crippen molar-refractivity contribution in [2.75, 3.05) is 6.54 Å². The zero-order valence-corrected chi connectivity index (χ0v) is 13.2. The molecule has 2 aromatic carbocycles. The predicted molar refractivity (Wildman–Crippen MR) is 91.9 cm³/mol. The molecule has 1 saturated carbocycles. The van der Waals surface area contributed by atoms with E-state index in [1.54, 1.807) is 0 Å². The Bertz CT molecular complexity index is 686. The highest BCUT2D eigenvalue weighted by Crippen LogP contribution is 2.24. The maximum atomic E-state index is 12.2. The van der Waals surface area contributed by atoms with Crippen LogP contribution in [0.4, 0.5) is 0 Å². The molecule has 1 aliphatic carbocycles. The third kappa shape index (κ3) is 3.89. The summed E-state index contributed by atoms with van der Waals surface area (Å²) >= 11 is 0. The number of aliphatic hydroxyl groups is 1. The number of fused-ring (bicyclic) bond motifs is 1. The van der Waals surface area contributed by atoms with E-state index in [0.29, 0.717) is 0 Å². The van der Waals surface area contributed by atoms with E-state index in [2.05, 4.69) is 5.32 Å². The van der Waals surface area contributed by atoms with Crippen LogP contribution in [-0.4, -0.2) is 23.6 Å². The molecule has 0 aliphatic heterocycles. The van der Waals surface area contributed by atoms with Gasteiger partial charge in [0.2, 0.25) is 5.91 Å². The lowest BCUT2D eigenvalue weighted by molar-refractivity contribution is -0.126. The lowest BCUT2D eigenvalue weighted by atomic mass is 9.85. The van der Waals surface area contributed by atoms with Crippen molar-refractivity contribution in [3.05, 3.63) is 48.0 Å². The summed E-state index contributed by atoms with van der Waals surface area (Å²) in [7, 11) is 0. The standard InChI is InChI=1S/C19H24N2O2/c20-17-7-3-6-16(11-17)19(23)21-12-18(22)15-9-8-13-4-1-2-5-14(13)10-15/h1-2,4-5,8-10,16-18,22H,3,6-7,11-12,20H2,(H,21,23). The average molecular weight is 312 g/mol. The Morgan fingerprint density at radius 1 is 1.22 bits per heavy atom. The molecule has 4 heteroatoms. The molecule has 3 unspecified atom stereocenters. The van der Waals surface area contributed by atoms with Gasteiger partial charge < -0.3 is 16.2 Å². The van der Waals surface area contributed by atoms with Gasteiger partial charge in [-0.05, 0) is 41.7 Å². The van der Waals surface area contributed by atoms with Gasteiger partial charge >= 0.3 is 0 Å². The summed E-state index contributed by atoms with van der Waals surface area (Å²) in [5, 5.41) is 15.4. The average Bonchev–Trinajstić information content (AvgIpc) is 2.59. The summed E-state index contributed by atoms with van der Waals surface area (Å²) in [5.41, 5.74) is 6.76. The first-order chi connectivity index (χ1) is 11.1. The maximum absolute atomic E-state index is 12.2. The van der Waals surface area contributed by atoms with Gasteiger partial charge in [0.15, 0.2) is 0 Å². The summed E-state index contributed by atoms with van der Waals surface area (Å²) < 4.78 is 0. The Morgan fingerprint density at radius 2 is 2.00 bits per heavy atom. The van der Waals surface area contributed by atoms with Crippen molar-refractivity contribution in [2.24, 2.45) is 11.7 Å². The fourth-order valence-electron chi connectivity index (χ4n) is 3.34. The number of amides is 1. The van der Waals surface area contributed by atoms with Crippen molar-refractivity contribution < 1.29 is 9.90 Å². The molecule has 1 amide bonds. The van der Waals surface area contributed by atoms with Crippen LogP contribution < -0.4 is 11.1 Å². The van der Waals surface area contributed by atoms with E-state index < -0.39 is 6.10 Å². The van der Waals surface area contributed by atoms with Gasteiger partial charge in [-0.15, -0.1) is 0 Å². The molecule has 1 fully saturated rings. The van der Waals surface area contributed by atoms with Gasteiger partial charge in [0.05, 0.1) is 6.10 Å². The molecule has 0 bridgehead atoms. The Kier molecular flexibility index (Phi) is 4.94. The first-order valence-corrected chi connectivity index (χ1v) is 8.33. The molecule has 0 heterocycles. The van der Waals surface area contributed by atoms with Crippen molar-refractivity contribution in [1.29, 1.82) is 0 Å². The topological polar surface area (TPSA) is 75.4 Å². The van der Waals surface area contributed by atoms with Gasteiger partial charge in [-0.2, -0.15) is 0 Å². The second kappa shape index (κ2) is 7.11. The number of aliphatic hydroxyl groups excluding tert-OH is 1. The first kappa shape index (κ1) is 16.0. The Balaban J connectivity index is 1.59. The third-order valence-electron chi connectivity index (χ3n) is 4.71. The maximum Gasteiger partial charge on any atom is 0.223 e. The number of hydrogen-bond donors (Lipinski definition) is 3. The van der Waals surface area contributed by atoms with Crippen LogP contribution >= 0.6 is 0 Å². The number of benzene rings is 2. The monoisotopic (exact) mass is 312 g/mol. The van der Waals surface area contributed by atoms with Crippen molar-refractivity contribution in [3.8, 4) is 0 Å². The highest BCUT2D eigenvalue weighted by molar-refractivity contribution is 5.83. The number of rotatable bonds is 4. The van der Waals surface area contributed by atoms with Crippen LogP contribution in [0.3, 0.4) is 0 Å². The molecule has 3 atom stereocenters. The van der Waals surface area contributed by atoms with Crippen LogP contribution in [0.2, 0.25) is 0 Å². The van der Waals surface area contributed by atoms with E-state index in [1.807, 2.05) is 42.5 Å². The van der Waals surface area contributed by atoms with Crippen molar-refractivity contribution in [1.82, 2.24) is 5.32 Å². The molecule has 0 radical (unpaired) electrons. The molecule has 4 N–H and O–H groups in total. The highest BCUT2D eigenvalue weighted by atomic mass is 16.3. The minimum Gasteiger partial charge on any atom is -0.387 e. The van der Waals surface area contributed by atoms with Crippen molar-refractivity contribution in [2.45, 2.75) is 37.8 Å². The lowest BCUT2D eigenvalue weighted by Gasteiger charge is -2.26. The Labute approximate surface area is 136 Å². The predicted octanol–water partition coefficient (Wildman–Crippen LogP) is 2.51. The SMILES string of the molecule is NC1CCCC(C(=O)NCC(O)c2ccc3ccccc3c2)C1. The largest absolute Gasteiger partial charge is 0.387 e. The summed E-state index contributed by atoms with van der Waals surface area (Å²) in [6, 6.07) is 14.0. The second-order valence-corrected chi connectivity index (χ2v) is 6.49. The fraction of sp³-hybridized carbons (Fsp3) is 0.421. The number of hydrogen-bond acceptors (Lipinski definition) is 3. The fourth-order valence-corrected chi connectivity index (χ4v) is 3.34. The third-order valence-corrected chi connectivity index (χ3v) is 4.71. The van der Waals surface area contributed by atoms with Crippen LogP contribution in [0, 0.1) is 5.92 Å². The number of carbonyl (C=O) groups excluding carboxylic acids is 1. The highest BCUT2D eigenvalue weighted by Gasteiger charge is 2.25. The van der Waals surface area contributed by atoms with Gasteiger partial charge in [-0.3, -0.25) is 4.79 Å². The van der Waals surface area contributed by atoms with Crippen LogP contribution in [0.1, 0.15) is 37.4 Å². The van der Waals surface area contributed by atoms with Crippen LogP contribution in [0.15, 0.2) is 42.5 Å². The number of nitrogens with one attached hydrogen (secondary N) is 1. The zero-order valence-electron chi connectivity index (χ0n) is 13.2. The molecule has 0 aromatic heterocycles. The van der Waals surface area contributed by atoms with E-state index in [1.165, 1.54) is 0 Å². The first-order valence-electron chi connectivity index (χ1n) is 8.33. The van der Waals surface area contributed by atoms with Gasteiger partial charge in [-0.1, -0.05) is 42.8 Å². The van der Waals surface area contributed by atoms with Gasteiger partial charge in [0.25, 0.3) is 0 Å². The van der Waals surface area contributed by atoms with Crippen LogP contribution in [0.25, 0.3) is 10.8 Å². The Hall–Kier alpha value is -1.91. The Morgan fingerprint density at radius 3 is 2.78 bits per heavy atom. The minimum absolute atomic E-state index is 0.0115. The lowest BCUT2D eigenvalue weighted by Crippen LogP contribution is -2.39. The number of carbonyl (C=O) groups is 1. The molecular weight excluding hydrogens is 288 g/mol. The molecule has 0 saturated heterocycles. The second-order valence-electron chi connectivity index (χ2n) is 6.49. The summed E-state index contributed by atoms with van der Waals surface area (Å²) in [5.74, 6) is 0.00235. The van der Waals surface area contributed by atoms with Gasteiger partial charge in [0.1, 0.15) is 0 Å². The van der Waals surface area contributed by atoms with Gasteiger partial charge in [0, 0.05) is 18.5 Å². The normalized spacial score (nSPS) is 22.7. The molecule has 122 valence electrons. The zero-order chi connectivity index (χ0) is 16.2. The van der Waals surface area contributed by atoms with E-state index in [-0.39, 0.29) is 24.4 Å². The molecule has 0 spiro atoms. The van der Waals surface area contributed by atoms with E-state index in [0.717, 1.165) is 42.0 Å². The quantitative estimate of drug-likeness (QED) is 0.812. The van der Waals surface area contributed by atoms with Crippen molar-refractivity contribution in [3.63, 3.8) is 0 Å². The molecule has 1 aliphatic rings. The summed E-state index contributed by atoms with van der Waals surface area (Å²) in [6.45, 7) is 0.239.